The van der Waals surface area contributed by atoms with Gasteiger partial charge in [-0.3, -0.25) is 9.89 Å². The number of anilines is 1. The third-order valence-electron chi connectivity index (χ3n) is 3.26. The highest BCUT2D eigenvalue weighted by Gasteiger charge is 2.37. The van der Waals surface area contributed by atoms with Crippen LogP contribution in [0.3, 0.4) is 0 Å². The third kappa shape index (κ3) is 1.69. The van der Waals surface area contributed by atoms with E-state index in [1.165, 1.54) is 12.6 Å². The molecule has 0 aromatic carbocycles. The first-order valence-corrected chi connectivity index (χ1v) is 5.28. The van der Waals surface area contributed by atoms with E-state index in [1.54, 1.807) is 0 Å². The number of nitrogen functional groups attached to an aromatic ring is 1. The molecule has 0 aliphatic heterocycles. The van der Waals surface area contributed by atoms with Gasteiger partial charge in [-0.25, -0.2) is 0 Å². The van der Waals surface area contributed by atoms with Gasteiger partial charge in [0.1, 0.15) is 5.69 Å². The summed E-state index contributed by atoms with van der Waals surface area (Å²) in [4.78, 5) is 11.8. The highest BCUT2D eigenvalue weighted by atomic mass is 16.2. The Bertz CT molecular complexity index is 362. The van der Waals surface area contributed by atoms with E-state index in [0.29, 0.717) is 11.4 Å². The summed E-state index contributed by atoms with van der Waals surface area (Å²) in [5.41, 5.74) is 6.37. The normalized spacial score (nSPS) is 18.2. The SMILES string of the molecule is CCC1(NC(=O)c2[nH]ncc2N)CCC1. The van der Waals surface area contributed by atoms with Gasteiger partial charge in [0.15, 0.2) is 0 Å². The maximum Gasteiger partial charge on any atom is 0.271 e. The van der Waals surface area contributed by atoms with E-state index < -0.39 is 0 Å². The highest BCUT2D eigenvalue weighted by molar-refractivity contribution is 5.97. The van der Waals surface area contributed by atoms with Gasteiger partial charge in [0.2, 0.25) is 0 Å². The Labute approximate surface area is 88.4 Å². The van der Waals surface area contributed by atoms with Crippen molar-refractivity contribution < 1.29 is 4.79 Å². The van der Waals surface area contributed by atoms with Crippen molar-refractivity contribution in [2.75, 3.05) is 5.73 Å². The van der Waals surface area contributed by atoms with Gasteiger partial charge in [-0.05, 0) is 25.7 Å². The molecule has 1 saturated carbocycles. The molecule has 1 aliphatic rings. The number of hydrogen-bond acceptors (Lipinski definition) is 3. The molecule has 5 heteroatoms. The summed E-state index contributed by atoms with van der Waals surface area (Å²) in [5.74, 6) is -0.147. The van der Waals surface area contributed by atoms with Crippen molar-refractivity contribution in [3.05, 3.63) is 11.9 Å². The number of nitrogens with zero attached hydrogens (tertiary/aromatic N) is 1. The zero-order valence-electron chi connectivity index (χ0n) is 8.84. The van der Waals surface area contributed by atoms with Crippen molar-refractivity contribution in [3.63, 3.8) is 0 Å². The Hall–Kier alpha value is -1.52. The molecule has 1 fully saturated rings. The van der Waals surface area contributed by atoms with Gasteiger partial charge in [0.05, 0.1) is 11.9 Å². The number of carbonyl (C=O) groups excluding carboxylic acids is 1. The van der Waals surface area contributed by atoms with Crippen LogP contribution in [0.1, 0.15) is 43.1 Å². The highest BCUT2D eigenvalue weighted by Crippen LogP contribution is 2.34. The molecule has 2 rings (SSSR count). The number of amides is 1. The fraction of sp³-hybridized carbons (Fsp3) is 0.600. The fourth-order valence-corrected chi connectivity index (χ4v) is 1.95. The number of nitrogens with one attached hydrogen (secondary N) is 2. The third-order valence-corrected chi connectivity index (χ3v) is 3.26. The van der Waals surface area contributed by atoms with Gasteiger partial charge >= 0.3 is 0 Å². The largest absolute Gasteiger partial charge is 0.396 e. The van der Waals surface area contributed by atoms with Crippen molar-refractivity contribution in [2.24, 2.45) is 0 Å². The monoisotopic (exact) mass is 208 g/mol. The summed E-state index contributed by atoms with van der Waals surface area (Å²) < 4.78 is 0. The first kappa shape index (κ1) is 10.0. The Balaban J connectivity index is 2.07. The molecule has 5 nitrogen and oxygen atoms in total. The molecule has 0 radical (unpaired) electrons. The number of hydrogen-bond donors (Lipinski definition) is 3. The second-order valence-electron chi connectivity index (χ2n) is 4.14. The Morgan fingerprint density at radius 2 is 2.47 bits per heavy atom. The quantitative estimate of drug-likeness (QED) is 0.694. The van der Waals surface area contributed by atoms with Crippen LogP contribution in [0, 0.1) is 0 Å². The lowest BCUT2D eigenvalue weighted by Gasteiger charge is -2.41. The molecular formula is C10H16N4O. The molecule has 82 valence electrons. The van der Waals surface area contributed by atoms with Gasteiger partial charge in [-0.15, -0.1) is 0 Å². The maximum absolute atomic E-state index is 11.8. The molecule has 0 spiro atoms. The average Bonchev–Trinajstić information content (AvgIpc) is 2.58. The molecule has 0 saturated heterocycles. The summed E-state index contributed by atoms with van der Waals surface area (Å²) in [6.45, 7) is 2.09. The lowest BCUT2D eigenvalue weighted by atomic mass is 9.75. The van der Waals surface area contributed by atoms with Gasteiger partial charge in [-0.2, -0.15) is 5.10 Å². The average molecular weight is 208 g/mol. The van der Waals surface area contributed by atoms with E-state index in [9.17, 15) is 4.79 Å². The van der Waals surface area contributed by atoms with Crippen LogP contribution in [-0.2, 0) is 0 Å². The van der Waals surface area contributed by atoms with Crippen molar-refractivity contribution >= 4 is 11.6 Å². The number of carbonyl (C=O) groups is 1. The molecule has 1 aromatic rings. The number of H-pyrrole nitrogens is 1. The maximum atomic E-state index is 11.8. The van der Waals surface area contributed by atoms with Crippen LogP contribution in [0.25, 0.3) is 0 Å². The Morgan fingerprint density at radius 1 is 1.73 bits per heavy atom. The minimum atomic E-state index is -0.147. The Kier molecular flexibility index (Phi) is 2.38. The molecule has 0 unspecified atom stereocenters. The lowest BCUT2D eigenvalue weighted by Crippen LogP contribution is -2.53. The molecule has 4 N–H and O–H groups in total. The van der Waals surface area contributed by atoms with Crippen LogP contribution in [0.5, 0.6) is 0 Å². The van der Waals surface area contributed by atoms with Gasteiger partial charge in [0, 0.05) is 5.54 Å². The van der Waals surface area contributed by atoms with E-state index in [4.69, 9.17) is 5.73 Å². The fourth-order valence-electron chi connectivity index (χ4n) is 1.95. The van der Waals surface area contributed by atoms with Crippen LogP contribution in [0.15, 0.2) is 6.20 Å². The zero-order valence-corrected chi connectivity index (χ0v) is 8.84. The van der Waals surface area contributed by atoms with Crippen LogP contribution in [0.4, 0.5) is 5.69 Å². The second-order valence-corrected chi connectivity index (χ2v) is 4.14. The van der Waals surface area contributed by atoms with Crippen molar-refractivity contribution in [2.45, 2.75) is 38.1 Å². The summed E-state index contributed by atoms with van der Waals surface area (Å²) in [6.07, 6.45) is 5.72. The number of rotatable bonds is 3. The molecule has 1 aromatic heterocycles. The van der Waals surface area contributed by atoms with Gasteiger partial charge < -0.3 is 11.1 Å². The second kappa shape index (κ2) is 3.56. The van der Waals surface area contributed by atoms with Crippen LogP contribution >= 0.6 is 0 Å². The molecule has 1 aliphatic carbocycles. The lowest BCUT2D eigenvalue weighted by molar-refractivity contribution is 0.0816. The van der Waals surface area contributed by atoms with E-state index in [1.807, 2.05) is 0 Å². The van der Waals surface area contributed by atoms with Gasteiger partial charge in [0.25, 0.3) is 5.91 Å². The van der Waals surface area contributed by atoms with E-state index >= 15 is 0 Å². The molecule has 1 heterocycles. The van der Waals surface area contributed by atoms with Crippen LogP contribution < -0.4 is 11.1 Å². The first-order chi connectivity index (χ1) is 7.17. The van der Waals surface area contributed by atoms with Crippen molar-refractivity contribution in [3.8, 4) is 0 Å². The molecular weight excluding hydrogens is 192 g/mol. The zero-order chi connectivity index (χ0) is 10.9. The molecule has 0 bridgehead atoms. The van der Waals surface area contributed by atoms with Crippen molar-refractivity contribution in [1.82, 2.24) is 15.5 Å². The van der Waals surface area contributed by atoms with Crippen LogP contribution in [0.2, 0.25) is 0 Å². The summed E-state index contributed by atoms with van der Waals surface area (Å²) >= 11 is 0. The van der Waals surface area contributed by atoms with E-state index in [2.05, 4.69) is 22.4 Å². The summed E-state index contributed by atoms with van der Waals surface area (Å²) in [6, 6.07) is 0. The van der Waals surface area contributed by atoms with Crippen LogP contribution in [-0.4, -0.2) is 21.6 Å². The summed E-state index contributed by atoms with van der Waals surface area (Å²) in [5, 5.41) is 9.38. The number of aromatic amines is 1. The Morgan fingerprint density at radius 3 is 2.87 bits per heavy atom. The minimum absolute atomic E-state index is 0.00532. The first-order valence-electron chi connectivity index (χ1n) is 5.28. The topological polar surface area (TPSA) is 83.8 Å². The van der Waals surface area contributed by atoms with Crippen molar-refractivity contribution in [1.29, 1.82) is 0 Å². The summed E-state index contributed by atoms with van der Waals surface area (Å²) in [7, 11) is 0. The smallest absolute Gasteiger partial charge is 0.271 e. The van der Waals surface area contributed by atoms with E-state index in [0.717, 1.165) is 19.3 Å². The molecule has 0 atom stereocenters. The molecule has 1 amide bonds. The predicted molar refractivity (Wildman–Crippen MR) is 57.3 cm³/mol. The predicted octanol–water partition coefficient (Wildman–Crippen LogP) is 1.05. The van der Waals surface area contributed by atoms with E-state index in [-0.39, 0.29) is 11.4 Å². The standard InChI is InChI=1S/C10H16N4O/c1-2-10(4-3-5-10)13-9(15)8-7(11)6-12-14-8/h6H,2-5,11H2,1H3,(H,12,14)(H,13,15). The minimum Gasteiger partial charge on any atom is -0.396 e. The van der Waals surface area contributed by atoms with Gasteiger partial charge in [-0.1, -0.05) is 6.92 Å². The number of aromatic nitrogens is 2. The molecule has 15 heavy (non-hydrogen) atoms. The number of nitrogens with two attached hydrogens (primary N) is 1.